The van der Waals surface area contributed by atoms with Crippen molar-refractivity contribution in [2.45, 2.75) is 72.1 Å². The molecule has 0 saturated carbocycles. The molecule has 0 aliphatic heterocycles. The third-order valence-corrected chi connectivity index (χ3v) is 6.90. The van der Waals surface area contributed by atoms with Gasteiger partial charge in [0.05, 0.1) is 18.3 Å². The van der Waals surface area contributed by atoms with Crippen molar-refractivity contribution >= 4 is 36.4 Å². The highest BCUT2D eigenvalue weighted by atomic mass is 32.1. The quantitative estimate of drug-likeness (QED) is 0.149. The highest BCUT2D eigenvalue weighted by Gasteiger charge is 2.30. The van der Waals surface area contributed by atoms with E-state index in [9.17, 15) is 9.59 Å². The molecule has 0 bridgehead atoms. The van der Waals surface area contributed by atoms with Gasteiger partial charge in [-0.25, -0.2) is 4.79 Å². The molecule has 0 unspecified atom stereocenters. The number of alkyl carbamates (subject to hydrolysis) is 1. The van der Waals surface area contributed by atoms with Crippen LogP contribution >= 0.6 is 13.5 Å². The zero-order valence-electron chi connectivity index (χ0n) is 27.2. The summed E-state index contributed by atoms with van der Waals surface area (Å²) in [6.07, 6.45) is 0.637. The number of H-pyrrole nitrogens is 1. The maximum Gasteiger partial charge on any atom is 0.408 e. The van der Waals surface area contributed by atoms with Gasteiger partial charge in [-0.05, 0) is 63.4 Å². The molecular weight excluding hydrogens is 604 g/mol. The van der Waals surface area contributed by atoms with E-state index < -0.39 is 18.4 Å². The normalized spacial score (nSPS) is 12.0. The standard InChI is InChI=1S/C35H44N4O6.H2S/c1-6-42-31(43-7-2)23-39(22-28-15-11-14-27-21-36-38-32(27)28)33(40)30(37-34(41)44-24-26-12-9-8-10-13-26)20-25-16-18-29(19-17-25)45-35(3,4)5;/h8-19,21,30-31H,6-7,20,22-24H2,1-5H3,(H,36,38)(H,37,41);1H2/t30-;/m0./s1. The highest BCUT2D eigenvalue weighted by molar-refractivity contribution is 7.59. The fourth-order valence-electron chi connectivity index (χ4n) is 4.92. The number of hydrogen-bond donors (Lipinski definition) is 2. The second kappa shape index (κ2) is 17.6. The number of ether oxygens (including phenoxy) is 4. The van der Waals surface area contributed by atoms with E-state index in [0.29, 0.717) is 13.2 Å². The molecule has 1 atom stereocenters. The summed E-state index contributed by atoms with van der Waals surface area (Å²) in [5.41, 5.74) is 3.05. The van der Waals surface area contributed by atoms with E-state index in [1.807, 2.05) is 107 Å². The minimum atomic E-state index is -0.937. The zero-order chi connectivity index (χ0) is 32.2. The molecule has 0 spiro atoms. The third-order valence-electron chi connectivity index (χ3n) is 6.90. The molecule has 3 aromatic carbocycles. The summed E-state index contributed by atoms with van der Waals surface area (Å²) in [6, 6.07) is 21.8. The predicted molar refractivity (Wildman–Crippen MR) is 183 cm³/mol. The van der Waals surface area contributed by atoms with Crippen LogP contribution in [0.1, 0.15) is 51.3 Å². The van der Waals surface area contributed by atoms with Gasteiger partial charge < -0.3 is 29.2 Å². The summed E-state index contributed by atoms with van der Waals surface area (Å²) in [4.78, 5) is 29.2. The van der Waals surface area contributed by atoms with Crippen LogP contribution in [0.5, 0.6) is 5.75 Å². The Hall–Kier alpha value is -4.06. The predicted octanol–water partition coefficient (Wildman–Crippen LogP) is 6.12. The average Bonchev–Trinajstić information content (AvgIpc) is 3.50. The van der Waals surface area contributed by atoms with Gasteiger partial charge in [0, 0.05) is 31.6 Å². The van der Waals surface area contributed by atoms with Crippen molar-refractivity contribution in [3.8, 4) is 5.75 Å². The number of nitrogens with zero attached hydrogens (tertiary/aromatic N) is 2. The number of nitrogens with one attached hydrogen (secondary N) is 2. The minimum Gasteiger partial charge on any atom is -0.488 e. The third kappa shape index (κ3) is 11.1. The van der Waals surface area contributed by atoms with E-state index in [1.54, 1.807) is 11.1 Å². The average molecular weight is 651 g/mol. The van der Waals surface area contributed by atoms with Crippen LogP contribution in [-0.2, 0) is 38.6 Å². The molecule has 2 amide bonds. The first-order valence-electron chi connectivity index (χ1n) is 15.3. The van der Waals surface area contributed by atoms with E-state index >= 15 is 0 Å². The lowest BCUT2D eigenvalue weighted by atomic mass is 10.0. The lowest BCUT2D eigenvalue weighted by Gasteiger charge is -2.31. The Morgan fingerprint density at radius 2 is 1.61 bits per heavy atom. The van der Waals surface area contributed by atoms with E-state index in [1.165, 1.54) is 0 Å². The Labute approximate surface area is 278 Å². The van der Waals surface area contributed by atoms with Gasteiger partial charge in [-0.2, -0.15) is 18.6 Å². The van der Waals surface area contributed by atoms with Crippen molar-refractivity contribution in [2.75, 3.05) is 19.8 Å². The molecule has 1 aromatic heterocycles. The molecule has 10 nitrogen and oxygen atoms in total. The molecule has 11 heteroatoms. The summed E-state index contributed by atoms with van der Waals surface area (Å²) in [7, 11) is 0. The smallest absolute Gasteiger partial charge is 0.408 e. The van der Waals surface area contributed by atoms with E-state index in [0.717, 1.165) is 33.3 Å². The SMILES string of the molecule is CCOC(CN(Cc1cccc2cn[nH]c12)C(=O)[C@H](Cc1ccc(OC(C)(C)C)cc1)NC(=O)OCc1ccccc1)OCC.S. The van der Waals surface area contributed by atoms with E-state index in [4.69, 9.17) is 18.9 Å². The van der Waals surface area contributed by atoms with Crippen molar-refractivity contribution in [1.29, 1.82) is 0 Å². The summed E-state index contributed by atoms with van der Waals surface area (Å²) >= 11 is 0. The Balaban J connectivity index is 0.00000576. The Morgan fingerprint density at radius 1 is 0.913 bits per heavy atom. The topological polar surface area (TPSA) is 115 Å². The molecule has 0 aliphatic rings. The van der Waals surface area contributed by atoms with Crippen molar-refractivity contribution in [3.63, 3.8) is 0 Å². The summed E-state index contributed by atoms with van der Waals surface area (Å²) in [5.74, 6) is 0.414. The van der Waals surface area contributed by atoms with Crippen LogP contribution in [0.2, 0.25) is 0 Å². The monoisotopic (exact) mass is 650 g/mol. The minimum absolute atomic E-state index is 0. The Bertz CT molecular complexity index is 1500. The second-order valence-electron chi connectivity index (χ2n) is 11.6. The summed E-state index contributed by atoms with van der Waals surface area (Å²) in [5, 5.41) is 11.0. The van der Waals surface area contributed by atoms with Crippen LogP contribution in [0, 0.1) is 0 Å². The van der Waals surface area contributed by atoms with Gasteiger partial charge in [-0.3, -0.25) is 9.89 Å². The van der Waals surface area contributed by atoms with Crippen LogP contribution in [0.15, 0.2) is 79.0 Å². The van der Waals surface area contributed by atoms with Gasteiger partial charge in [0.15, 0.2) is 6.29 Å². The number of carbonyl (C=O) groups excluding carboxylic acids is 2. The molecule has 4 rings (SSSR count). The zero-order valence-corrected chi connectivity index (χ0v) is 28.2. The molecular formula is C35H46N4O6S. The molecule has 0 aliphatic carbocycles. The van der Waals surface area contributed by atoms with Gasteiger partial charge in [-0.1, -0.05) is 60.7 Å². The van der Waals surface area contributed by atoms with Gasteiger partial charge >= 0.3 is 6.09 Å². The molecule has 248 valence electrons. The second-order valence-corrected chi connectivity index (χ2v) is 11.6. The Kier molecular flexibility index (Phi) is 13.9. The molecule has 4 aromatic rings. The number of hydrogen-bond acceptors (Lipinski definition) is 7. The lowest BCUT2D eigenvalue weighted by molar-refractivity contribution is -0.160. The van der Waals surface area contributed by atoms with Crippen LogP contribution in [0.3, 0.4) is 0 Å². The van der Waals surface area contributed by atoms with E-state index in [-0.39, 0.29) is 51.1 Å². The first-order chi connectivity index (χ1) is 21.6. The van der Waals surface area contributed by atoms with Crippen molar-refractivity contribution in [3.05, 3.63) is 95.7 Å². The maximum absolute atomic E-state index is 14.4. The number of rotatable bonds is 15. The largest absolute Gasteiger partial charge is 0.488 e. The molecule has 0 fully saturated rings. The number of fused-ring (bicyclic) bond motifs is 1. The molecule has 46 heavy (non-hydrogen) atoms. The van der Waals surface area contributed by atoms with Gasteiger partial charge in [0.25, 0.3) is 0 Å². The van der Waals surface area contributed by atoms with Crippen molar-refractivity contribution in [1.82, 2.24) is 20.4 Å². The van der Waals surface area contributed by atoms with Crippen molar-refractivity contribution < 1.29 is 28.5 Å². The van der Waals surface area contributed by atoms with Crippen LogP contribution in [0.25, 0.3) is 10.9 Å². The molecule has 0 saturated heterocycles. The first-order valence-corrected chi connectivity index (χ1v) is 15.3. The fraction of sp³-hybridized carbons (Fsp3) is 0.400. The molecule has 0 radical (unpaired) electrons. The highest BCUT2D eigenvalue weighted by Crippen LogP contribution is 2.22. The first kappa shape index (κ1) is 36.4. The summed E-state index contributed by atoms with van der Waals surface area (Å²) < 4.78 is 23.2. The number of para-hydroxylation sites is 1. The van der Waals surface area contributed by atoms with Gasteiger partial charge in [0.1, 0.15) is 24.0 Å². The van der Waals surface area contributed by atoms with E-state index in [2.05, 4.69) is 15.5 Å². The van der Waals surface area contributed by atoms with Gasteiger partial charge in [-0.15, -0.1) is 0 Å². The van der Waals surface area contributed by atoms with Crippen LogP contribution in [-0.4, -0.2) is 64.8 Å². The molecule has 2 N–H and O–H groups in total. The van der Waals surface area contributed by atoms with Crippen LogP contribution < -0.4 is 10.1 Å². The van der Waals surface area contributed by atoms with Crippen LogP contribution in [0.4, 0.5) is 4.79 Å². The van der Waals surface area contributed by atoms with Crippen molar-refractivity contribution in [2.24, 2.45) is 0 Å². The number of carbonyl (C=O) groups is 2. The number of benzene rings is 3. The number of amides is 2. The fourth-order valence-corrected chi connectivity index (χ4v) is 4.92. The molecule has 1 heterocycles. The number of aromatic nitrogens is 2. The lowest BCUT2D eigenvalue weighted by Crippen LogP contribution is -2.51. The number of aromatic amines is 1. The van der Waals surface area contributed by atoms with Gasteiger partial charge in [0.2, 0.25) is 5.91 Å². The maximum atomic E-state index is 14.4. The Morgan fingerprint density at radius 3 is 2.26 bits per heavy atom. The summed E-state index contributed by atoms with van der Waals surface area (Å²) in [6.45, 7) is 11.0.